The Bertz CT molecular complexity index is 968. The number of piperidine rings is 1. The molecule has 0 unspecified atom stereocenters. The van der Waals surface area contributed by atoms with Gasteiger partial charge in [0.05, 0.1) is 11.0 Å². The molecule has 1 fully saturated rings. The van der Waals surface area contributed by atoms with E-state index in [1.165, 1.54) is 6.07 Å². The molecule has 1 N–H and O–H groups in total. The first kappa shape index (κ1) is 17.5. The van der Waals surface area contributed by atoms with Crippen molar-refractivity contribution in [3.8, 4) is 0 Å². The molecule has 0 radical (unpaired) electrons. The number of alkyl halides is 3. The molecule has 3 aromatic heterocycles. The maximum Gasteiger partial charge on any atom is 0.433 e. The number of hydrogen-bond donors (Lipinski definition) is 1. The number of nitrogens with one attached hydrogen (secondary N) is 1. The second-order valence-corrected chi connectivity index (χ2v) is 6.68. The topological polar surface area (TPSA) is 61.9 Å². The molecule has 0 aromatic carbocycles. The zero-order chi connectivity index (χ0) is 19.0. The van der Waals surface area contributed by atoms with Crippen LogP contribution in [0.15, 0.2) is 42.7 Å². The monoisotopic (exact) mass is 374 g/mol. The number of nitrogens with zero attached hydrogens (tertiary/aromatic N) is 3. The van der Waals surface area contributed by atoms with E-state index in [-0.39, 0.29) is 17.3 Å². The first-order chi connectivity index (χ1) is 12.9. The molecule has 1 amide bonds. The van der Waals surface area contributed by atoms with E-state index < -0.39 is 11.9 Å². The predicted molar refractivity (Wildman–Crippen MR) is 93.2 cm³/mol. The molecule has 0 aliphatic carbocycles. The van der Waals surface area contributed by atoms with E-state index >= 15 is 0 Å². The van der Waals surface area contributed by atoms with Crippen molar-refractivity contribution in [2.75, 3.05) is 13.1 Å². The van der Waals surface area contributed by atoms with Crippen molar-refractivity contribution < 1.29 is 18.0 Å². The average molecular weight is 374 g/mol. The Morgan fingerprint density at radius 1 is 1.19 bits per heavy atom. The molecular formula is C19H17F3N4O. The third kappa shape index (κ3) is 3.51. The van der Waals surface area contributed by atoms with E-state index in [0.717, 1.165) is 24.6 Å². The summed E-state index contributed by atoms with van der Waals surface area (Å²) in [6, 6.07) is 7.39. The Hall–Kier alpha value is -2.90. The number of H-pyrrole nitrogens is 1. The zero-order valence-corrected chi connectivity index (χ0v) is 14.3. The molecule has 3 aromatic rings. The van der Waals surface area contributed by atoms with Crippen LogP contribution in [0.25, 0.3) is 11.0 Å². The van der Waals surface area contributed by atoms with Crippen LogP contribution in [-0.4, -0.2) is 38.8 Å². The van der Waals surface area contributed by atoms with Gasteiger partial charge in [0.25, 0.3) is 5.91 Å². The van der Waals surface area contributed by atoms with Crippen molar-refractivity contribution in [2.24, 2.45) is 0 Å². The van der Waals surface area contributed by atoms with Gasteiger partial charge in [-0.25, -0.2) is 4.98 Å². The highest BCUT2D eigenvalue weighted by atomic mass is 19.4. The van der Waals surface area contributed by atoms with Crippen molar-refractivity contribution in [3.63, 3.8) is 0 Å². The van der Waals surface area contributed by atoms with Crippen LogP contribution in [0.5, 0.6) is 0 Å². The molecule has 1 aliphatic rings. The summed E-state index contributed by atoms with van der Waals surface area (Å²) < 4.78 is 38.6. The predicted octanol–water partition coefficient (Wildman–Crippen LogP) is 4.00. The summed E-state index contributed by atoms with van der Waals surface area (Å²) in [6.45, 7) is 1.18. The Kier molecular flexibility index (Phi) is 4.33. The van der Waals surface area contributed by atoms with Crippen LogP contribution in [0.1, 0.15) is 40.5 Å². The third-order valence-electron chi connectivity index (χ3n) is 4.86. The number of aromatic nitrogens is 3. The molecular weight excluding hydrogens is 357 g/mol. The van der Waals surface area contributed by atoms with Gasteiger partial charge < -0.3 is 9.88 Å². The maximum atomic E-state index is 12.9. The lowest BCUT2D eigenvalue weighted by Gasteiger charge is -2.32. The average Bonchev–Trinajstić information content (AvgIpc) is 3.11. The van der Waals surface area contributed by atoms with Gasteiger partial charge in [0.15, 0.2) is 0 Å². The van der Waals surface area contributed by atoms with Crippen LogP contribution in [0.4, 0.5) is 13.2 Å². The summed E-state index contributed by atoms with van der Waals surface area (Å²) in [4.78, 5) is 25.2. The quantitative estimate of drug-likeness (QED) is 0.738. The molecule has 5 nitrogen and oxygen atoms in total. The Balaban J connectivity index is 1.57. The van der Waals surface area contributed by atoms with E-state index in [1.54, 1.807) is 35.5 Å². The maximum absolute atomic E-state index is 12.9. The standard InChI is InChI=1S/C19H17F3N4O/c20-19(21,22)17-4-3-14-16(25-17)10-15(24-14)13-2-1-9-26(11-13)18(27)12-5-7-23-8-6-12/h3-8,10,13,24H,1-2,9,11H2/t13-/m0/s1. The van der Waals surface area contributed by atoms with E-state index in [2.05, 4.69) is 15.0 Å². The van der Waals surface area contributed by atoms with Gasteiger partial charge in [0, 0.05) is 42.7 Å². The van der Waals surface area contributed by atoms with Crippen LogP contribution in [0, 0.1) is 0 Å². The lowest BCUT2D eigenvalue weighted by Crippen LogP contribution is -2.39. The summed E-state index contributed by atoms with van der Waals surface area (Å²) in [6.07, 6.45) is 0.383. The number of carbonyl (C=O) groups excluding carboxylic acids is 1. The van der Waals surface area contributed by atoms with Crippen LogP contribution in [0.3, 0.4) is 0 Å². The summed E-state index contributed by atoms with van der Waals surface area (Å²) in [7, 11) is 0. The summed E-state index contributed by atoms with van der Waals surface area (Å²) >= 11 is 0. The summed E-state index contributed by atoms with van der Waals surface area (Å²) in [5.41, 5.74) is 1.34. The third-order valence-corrected chi connectivity index (χ3v) is 4.86. The fraction of sp³-hybridized carbons (Fsp3) is 0.316. The Morgan fingerprint density at radius 2 is 1.96 bits per heavy atom. The molecule has 4 rings (SSSR count). The van der Waals surface area contributed by atoms with Crippen LogP contribution in [0.2, 0.25) is 0 Å². The number of aromatic amines is 1. The van der Waals surface area contributed by atoms with Crippen molar-refractivity contribution in [1.82, 2.24) is 19.9 Å². The van der Waals surface area contributed by atoms with Crippen molar-refractivity contribution in [3.05, 3.63) is 59.7 Å². The minimum atomic E-state index is -4.47. The van der Waals surface area contributed by atoms with Crippen LogP contribution >= 0.6 is 0 Å². The highest BCUT2D eigenvalue weighted by Crippen LogP contribution is 2.32. The highest BCUT2D eigenvalue weighted by Gasteiger charge is 2.33. The van der Waals surface area contributed by atoms with Gasteiger partial charge in [-0.15, -0.1) is 0 Å². The van der Waals surface area contributed by atoms with Gasteiger partial charge in [-0.3, -0.25) is 9.78 Å². The lowest BCUT2D eigenvalue weighted by molar-refractivity contribution is -0.140. The van der Waals surface area contributed by atoms with Gasteiger partial charge in [-0.1, -0.05) is 0 Å². The number of rotatable bonds is 2. The van der Waals surface area contributed by atoms with E-state index in [4.69, 9.17) is 0 Å². The molecule has 8 heteroatoms. The minimum Gasteiger partial charge on any atom is -0.357 e. The second kappa shape index (κ2) is 6.68. The van der Waals surface area contributed by atoms with E-state index in [1.807, 2.05) is 0 Å². The molecule has 4 heterocycles. The van der Waals surface area contributed by atoms with Crippen molar-refractivity contribution in [2.45, 2.75) is 24.9 Å². The number of halogens is 3. The molecule has 0 saturated carbocycles. The minimum absolute atomic E-state index is 0.0353. The molecule has 140 valence electrons. The summed E-state index contributed by atoms with van der Waals surface area (Å²) in [5.74, 6) is -0.0243. The first-order valence-electron chi connectivity index (χ1n) is 8.68. The van der Waals surface area contributed by atoms with E-state index in [0.29, 0.717) is 24.2 Å². The van der Waals surface area contributed by atoms with E-state index in [9.17, 15) is 18.0 Å². The lowest BCUT2D eigenvalue weighted by atomic mass is 9.94. The van der Waals surface area contributed by atoms with Crippen molar-refractivity contribution in [1.29, 1.82) is 0 Å². The highest BCUT2D eigenvalue weighted by molar-refractivity contribution is 5.94. The largest absolute Gasteiger partial charge is 0.433 e. The Labute approximate surface area is 153 Å². The Morgan fingerprint density at radius 3 is 2.70 bits per heavy atom. The summed E-state index contributed by atoms with van der Waals surface area (Å²) in [5, 5.41) is 0. The van der Waals surface area contributed by atoms with Crippen molar-refractivity contribution >= 4 is 16.9 Å². The van der Waals surface area contributed by atoms with Crippen LogP contribution < -0.4 is 0 Å². The number of hydrogen-bond acceptors (Lipinski definition) is 3. The second-order valence-electron chi connectivity index (χ2n) is 6.68. The molecule has 1 atom stereocenters. The van der Waals surface area contributed by atoms with Gasteiger partial charge in [-0.2, -0.15) is 13.2 Å². The molecule has 27 heavy (non-hydrogen) atoms. The van der Waals surface area contributed by atoms with Gasteiger partial charge >= 0.3 is 6.18 Å². The fourth-order valence-corrected chi connectivity index (χ4v) is 3.50. The molecule has 1 saturated heterocycles. The number of fused-ring (bicyclic) bond motifs is 1. The fourth-order valence-electron chi connectivity index (χ4n) is 3.50. The normalized spacial score (nSPS) is 18.0. The SMILES string of the molecule is O=C(c1ccncc1)N1CCC[C@H](c2cc3nc(C(F)(F)F)ccc3[nH]2)C1. The molecule has 1 aliphatic heterocycles. The smallest absolute Gasteiger partial charge is 0.357 e. The van der Waals surface area contributed by atoms with Gasteiger partial charge in [0.1, 0.15) is 5.69 Å². The van der Waals surface area contributed by atoms with Gasteiger partial charge in [0.2, 0.25) is 0 Å². The number of likely N-dealkylation sites (tertiary alicyclic amines) is 1. The molecule has 0 spiro atoms. The zero-order valence-electron chi connectivity index (χ0n) is 14.3. The molecule has 0 bridgehead atoms. The van der Waals surface area contributed by atoms with Gasteiger partial charge in [-0.05, 0) is 43.2 Å². The first-order valence-corrected chi connectivity index (χ1v) is 8.68. The number of pyridine rings is 2. The van der Waals surface area contributed by atoms with Crippen LogP contribution in [-0.2, 0) is 6.18 Å². The number of carbonyl (C=O) groups is 1. The number of amides is 1.